The number of methoxy groups -OCH3 is 1. The number of nitrogens with zero attached hydrogens (tertiary/aromatic N) is 1. The van der Waals surface area contributed by atoms with Crippen molar-refractivity contribution in [1.82, 2.24) is 4.90 Å². The smallest absolute Gasteiger partial charge is 0.137 e. The molecule has 4 atom stereocenters. The number of ketones is 1. The number of carbonyl (C=O) groups is 1. The monoisotopic (exact) mass is 253 g/mol. The number of likely N-dealkylation sites (tertiary alicyclic amines) is 1. The molecule has 3 nitrogen and oxygen atoms in total. The Morgan fingerprint density at radius 1 is 1.33 bits per heavy atom. The molecule has 1 heterocycles. The van der Waals surface area contributed by atoms with Gasteiger partial charge < -0.3 is 9.64 Å². The van der Waals surface area contributed by atoms with Crippen LogP contribution in [0, 0.1) is 17.8 Å². The number of carbonyl (C=O) groups excluding carboxylic acids is 1. The predicted octanol–water partition coefficient (Wildman–Crippen LogP) is 2.35. The van der Waals surface area contributed by atoms with Crippen molar-refractivity contribution in [3.8, 4) is 0 Å². The Morgan fingerprint density at radius 2 is 2.11 bits per heavy atom. The topological polar surface area (TPSA) is 29.5 Å². The lowest BCUT2D eigenvalue weighted by atomic mass is 9.81. The highest BCUT2D eigenvalue weighted by atomic mass is 16.5. The van der Waals surface area contributed by atoms with Crippen molar-refractivity contribution in [3.05, 3.63) is 0 Å². The lowest BCUT2D eigenvalue weighted by Crippen LogP contribution is -2.47. The second-order valence-corrected chi connectivity index (χ2v) is 6.34. The summed E-state index contributed by atoms with van der Waals surface area (Å²) in [5.74, 6) is 2.13. The third-order valence-corrected chi connectivity index (χ3v) is 4.78. The highest BCUT2D eigenvalue weighted by Gasteiger charge is 2.31. The first-order valence-corrected chi connectivity index (χ1v) is 7.38. The van der Waals surface area contributed by atoms with Crippen LogP contribution in [-0.2, 0) is 9.53 Å². The lowest BCUT2D eigenvalue weighted by Gasteiger charge is -2.38. The molecular formula is C15H27NO2. The predicted molar refractivity (Wildman–Crippen MR) is 72.5 cm³/mol. The molecule has 1 saturated heterocycles. The van der Waals surface area contributed by atoms with E-state index in [9.17, 15) is 4.79 Å². The summed E-state index contributed by atoms with van der Waals surface area (Å²) in [5.41, 5.74) is 0. The second-order valence-electron chi connectivity index (χ2n) is 6.34. The van der Waals surface area contributed by atoms with Gasteiger partial charge in [-0.25, -0.2) is 0 Å². The lowest BCUT2D eigenvalue weighted by molar-refractivity contribution is -0.126. The Bertz CT molecular complexity index is 292. The first-order valence-electron chi connectivity index (χ1n) is 7.38. The Labute approximate surface area is 111 Å². The van der Waals surface area contributed by atoms with Crippen molar-refractivity contribution < 1.29 is 9.53 Å². The normalized spacial score (nSPS) is 38.9. The summed E-state index contributed by atoms with van der Waals surface area (Å²) in [6, 6.07) is 0. The molecular weight excluding hydrogens is 226 g/mol. The summed E-state index contributed by atoms with van der Waals surface area (Å²) >= 11 is 0. The fourth-order valence-corrected chi connectivity index (χ4v) is 3.39. The molecule has 0 aromatic rings. The van der Waals surface area contributed by atoms with E-state index in [0.29, 0.717) is 17.8 Å². The van der Waals surface area contributed by atoms with E-state index in [-0.39, 0.29) is 5.92 Å². The summed E-state index contributed by atoms with van der Waals surface area (Å²) in [7, 11) is 1.80. The standard InChI is InChI=1S/C15H27NO2/c1-11-4-5-14(17)13(8-11)9-16-7-6-12(2)15(10-16)18-3/h11-13,15H,4-10H2,1-3H3. The zero-order valence-corrected chi connectivity index (χ0v) is 12.0. The molecule has 0 aromatic heterocycles. The van der Waals surface area contributed by atoms with Gasteiger partial charge in [0.25, 0.3) is 0 Å². The number of hydrogen-bond acceptors (Lipinski definition) is 3. The van der Waals surface area contributed by atoms with E-state index in [0.717, 1.165) is 44.8 Å². The zero-order valence-electron chi connectivity index (χ0n) is 12.0. The van der Waals surface area contributed by atoms with Crippen molar-refractivity contribution >= 4 is 5.78 Å². The molecule has 1 saturated carbocycles. The van der Waals surface area contributed by atoms with Crippen LogP contribution in [0.15, 0.2) is 0 Å². The maximum Gasteiger partial charge on any atom is 0.137 e. The van der Waals surface area contributed by atoms with Crippen LogP contribution in [0.25, 0.3) is 0 Å². The van der Waals surface area contributed by atoms with E-state index in [4.69, 9.17) is 4.74 Å². The van der Waals surface area contributed by atoms with Crippen molar-refractivity contribution in [2.75, 3.05) is 26.7 Å². The van der Waals surface area contributed by atoms with Gasteiger partial charge in [0.15, 0.2) is 0 Å². The number of Topliss-reactive ketones (excluding diaryl/α,β-unsaturated/α-hetero) is 1. The molecule has 0 radical (unpaired) electrons. The van der Waals surface area contributed by atoms with Gasteiger partial charge >= 0.3 is 0 Å². The van der Waals surface area contributed by atoms with Gasteiger partial charge in [-0.15, -0.1) is 0 Å². The third kappa shape index (κ3) is 3.33. The van der Waals surface area contributed by atoms with Crippen LogP contribution < -0.4 is 0 Å². The molecule has 2 rings (SSSR count). The molecule has 0 amide bonds. The Hall–Kier alpha value is -0.410. The zero-order chi connectivity index (χ0) is 13.1. The van der Waals surface area contributed by atoms with Crippen LogP contribution in [0.2, 0.25) is 0 Å². The van der Waals surface area contributed by atoms with Crippen LogP contribution in [0.1, 0.15) is 39.5 Å². The van der Waals surface area contributed by atoms with Gasteiger partial charge in [-0.05, 0) is 37.6 Å². The van der Waals surface area contributed by atoms with E-state index >= 15 is 0 Å². The van der Waals surface area contributed by atoms with Gasteiger partial charge in [0.2, 0.25) is 0 Å². The number of ether oxygens (including phenoxy) is 1. The van der Waals surface area contributed by atoms with Gasteiger partial charge in [0, 0.05) is 32.5 Å². The minimum atomic E-state index is 0.277. The molecule has 1 aliphatic carbocycles. The van der Waals surface area contributed by atoms with Gasteiger partial charge in [-0.2, -0.15) is 0 Å². The molecule has 4 unspecified atom stereocenters. The maximum absolute atomic E-state index is 12.0. The largest absolute Gasteiger partial charge is 0.380 e. The van der Waals surface area contributed by atoms with Crippen LogP contribution in [0.3, 0.4) is 0 Å². The van der Waals surface area contributed by atoms with Gasteiger partial charge in [0.1, 0.15) is 5.78 Å². The molecule has 3 heteroatoms. The van der Waals surface area contributed by atoms with E-state index in [2.05, 4.69) is 18.7 Å². The van der Waals surface area contributed by atoms with Gasteiger partial charge in [0.05, 0.1) is 6.10 Å². The minimum absolute atomic E-state index is 0.277. The third-order valence-electron chi connectivity index (χ3n) is 4.78. The Kier molecular flexibility index (Phi) is 4.79. The summed E-state index contributed by atoms with van der Waals surface area (Å²) < 4.78 is 5.54. The van der Waals surface area contributed by atoms with Crippen molar-refractivity contribution in [2.24, 2.45) is 17.8 Å². The second kappa shape index (κ2) is 6.16. The van der Waals surface area contributed by atoms with Crippen LogP contribution >= 0.6 is 0 Å². The average molecular weight is 253 g/mol. The maximum atomic E-state index is 12.0. The minimum Gasteiger partial charge on any atom is -0.380 e. The molecule has 18 heavy (non-hydrogen) atoms. The fourth-order valence-electron chi connectivity index (χ4n) is 3.39. The molecule has 104 valence electrons. The van der Waals surface area contributed by atoms with Crippen LogP contribution in [-0.4, -0.2) is 43.5 Å². The fraction of sp³-hybridized carbons (Fsp3) is 0.933. The van der Waals surface area contributed by atoms with Crippen LogP contribution in [0.5, 0.6) is 0 Å². The van der Waals surface area contributed by atoms with Crippen LogP contribution in [0.4, 0.5) is 0 Å². The summed E-state index contributed by atoms with van der Waals surface area (Å²) in [5, 5.41) is 0. The molecule has 1 aliphatic heterocycles. The SMILES string of the molecule is COC1CN(CC2CC(C)CCC2=O)CCC1C. The van der Waals surface area contributed by atoms with Crippen molar-refractivity contribution in [2.45, 2.75) is 45.6 Å². The summed E-state index contributed by atoms with van der Waals surface area (Å²) in [4.78, 5) is 14.4. The van der Waals surface area contributed by atoms with Gasteiger partial charge in [-0.3, -0.25) is 4.79 Å². The molecule has 0 aromatic carbocycles. The van der Waals surface area contributed by atoms with E-state index in [1.165, 1.54) is 6.42 Å². The summed E-state index contributed by atoms with van der Waals surface area (Å²) in [6.07, 6.45) is 4.50. The first-order chi connectivity index (χ1) is 8.60. The summed E-state index contributed by atoms with van der Waals surface area (Å²) in [6.45, 7) is 7.61. The number of hydrogen-bond donors (Lipinski definition) is 0. The van der Waals surface area contributed by atoms with Crippen molar-refractivity contribution in [1.29, 1.82) is 0 Å². The molecule has 0 N–H and O–H groups in total. The highest BCUT2D eigenvalue weighted by Crippen LogP contribution is 2.28. The molecule has 0 spiro atoms. The van der Waals surface area contributed by atoms with Crippen molar-refractivity contribution in [3.63, 3.8) is 0 Å². The average Bonchev–Trinajstić information content (AvgIpc) is 2.36. The Morgan fingerprint density at radius 3 is 2.83 bits per heavy atom. The van der Waals surface area contributed by atoms with E-state index < -0.39 is 0 Å². The number of piperidine rings is 1. The van der Waals surface area contributed by atoms with E-state index in [1.54, 1.807) is 7.11 Å². The Balaban J connectivity index is 1.87. The molecule has 2 fully saturated rings. The molecule has 2 aliphatic rings. The van der Waals surface area contributed by atoms with E-state index in [1.807, 2.05) is 0 Å². The number of rotatable bonds is 3. The first kappa shape index (κ1) is 14.0. The highest BCUT2D eigenvalue weighted by molar-refractivity contribution is 5.81. The quantitative estimate of drug-likeness (QED) is 0.773. The van der Waals surface area contributed by atoms with Gasteiger partial charge in [-0.1, -0.05) is 13.8 Å². The molecule has 0 bridgehead atoms.